The predicted molar refractivity (Wildman–Crippen MR) is 69.6 cm³/mol. The molecule has 19 heavy (non-hydrogen) atoms. The number of ether oxygens (including phenoxy) is 1. The predicted octanol–water partition coefficient (Wildman–Crippen LogP) is 1.15. The molecule has 1 amide bonds. The van der Waals surface area contributed by atoms with E-state index in [1.54, 1.807) is 6.26 Å². The third-order valence-corrected chi connectivity index (χ3v) is 3.27. The third-order valence-electron chi connectivity index (χ3n) is 2.46. The van der Waals surface area contributed by atoms with Crippen molar-refractivity contribution in [2.75, 3.05) is 19.9 Å². The number of esters is 1. The van der Waals surface area contributed by atoms with Gasteiger partial charge in [-0.2, -0.15) is 0 Å². The number of hydrogen-bond donors (Lipinski definition) is 0. The van der Waals surface area contributed by atoms with Gasteiger partial charge in [-0.1, -0.05) is 6.92 Å². The van der Waals surface area contributed by atoms with Crippen molar-refractivity contribution in [1.82, 2.24) is 4.90 Å². The molecule has 0 fully saturated rings. The fourth-order valence-corrected chi connectivity index (χ4v) is 2.47. The van der Waals surface area contributed by atoms with Crippen LogP contribution >= 0.6 is 11.8 Å². The summed E-state index contributed by atoms with van der Waals surface area (Å²) in [6.45, 7) is 2.23. The van der Waals surface area contributed by atoms with Gasteiger partial charge in [-0.05, 0) is 12.7 Å². The van der Waals surface area contributed by atoms with Gasteiger partial charge < -0.3 is 4.74 Å². The highest BCUT2D eigenvalue weighted by molar-refractivity contribution is 8.02. The molecular formula is C11H14N2O5S. The second-order valence-corrected chi connectivity index (χ2v) is 4.45. The van der Waals surface area contributed by atoms with Gasteiger partial charge in [0.05, 0.1) is 12.0 Å². The van der Waals surface area contributed by atoms with Crippen LogP contribution in [0.1, 0.15) is 13.3 Å². The molecule has 0 bridgehead atoms. The Morgan fingerprint density at radius 2 is 2.21 bits per heavy atom. The standard InChI is InChI=1S/C11H14N2O5S/c1-4-5-12-10(15)7(6-8(14)18-2)9(13(16)17)11(12)19-3/h6H,4-5H2,1-3H3/b7-6+. The summed E-state index contributed by atoms with van der Waals surface area (Å²) in [5.74, 6) is -1.33. The zero-order chi connectivity index (χ0) is 14.6. The summed E-state index contributed by atoms with van der Waals surface area (Å²) < 4.78 is 4.41. The van der Waals surface area contributed by atoms with Crippen LogP contribution in [-0.4, -0.2) is 41.6 Å². The number of nitro groups is 1. The Morgan fingerprint density at radius 1 is 1.58 bits per heavy atom. The van der Waals surface area contributed by atoms with Gasteiger partial charge in [-0.25, -0.2) is 4.79 Å². The smallest absolute Gasteiger partial charge is 0.331 e. The van der Waals surface area contributed by atoms with E-state index in [1.807, 2.05) is 6.92 Å². The molecule has 0 aromatic heterocycles. The maximum atomic E-state index is 12.1. The van der Waals surface area contributed by atoms with Gasteiger partial charge >= 0.3 is 11.7 Å². The molecule has 0 saturated carbocycles. The molecular weight excluding hydrogens is 272 g/mol. The molecule has 8 heteroatoms. The molecule has 104 valence electrons. The number of amides is 1. The second-order valence-electron chi connectivity index (χ2n) is 3.65. The first-order valence-corrected chi connectivity index (χ1v) is 6.74. The summed E-state index contributed by atoms with van der Waals surface area (Å²) >= 11 is 1.11. The van der Waals surface area contributed by atoms with Gasteiger partial charge in [0.25, 0.3) is 5.91 Å². The van der Waals surface area contributed by atoms with Crippen molar-refractivity contribution in [3.8, 4) is 0 Å². The summed E-state index contributed by atoms with van der Waals surface area (Å²) in [5, 5.41) is 11.4. The molecule has 0 aromatic rings. The molecule has 0 radical (unpaired) electrons. The summed E-state index contributed by atoms with van der Waals surface area (Å²) in [4.78, 5) is 35.1. The van der Waals surface area contributed by atoms with E-state index >= 15 is 0 Å². The summed E-state index contributed by atoms with van der Waals surface area (Å²) in [7, 11) is 1.15. The Kier molecular flexibility index (Phi) is 5.11. The van der Waals surface area contributed by atoms with Gasteiger partial charge in [0.1, 0.15) is 5.57 Å². The lowest BCUT2D eigenvalue weighted by Crippen LogP contribution is -2.26. The van der Waals surface area contributed by atoms with E-state index in [4.69, 9.17) is 0 Å². The summed E-state index contributed by atoms with van der Waals surface area (Å²) in [6.07, 6.45) is 3.18. The first-order chi connectivity index (χ1) is 8.97. The Hall–Kier alpha value is -1.83. The zero-order valence-electron chi connectivity index (χ0n) is 10.8. The zero-order valence-corrected chi connectivity index (χ0v) is 11.7. The monoisotopic (exact) mass is 286 g/mol. The van der Waals surface area contributed by atoms with Crippen LogP contribution in [0.3, 0.4) is 0 Å². The third kappa shape index (κ3) is 2.95. The highest BCUT2D eigenvalue weighted by Gasteiger charge is 2.42. The number of carbonyl (C=O) groups excluding carboxylic acids is 2. The fraction of sp³-hybridized carbons (Fsp3) is 0.455. The van der Waals surface area contributed by atoms with E-state index in [1.165, 1.54) is 4.90 Å². The van der Waals surface area contributed by atoms with E-state index in [0.717, 1.165) is 24.9 Å². The molecule has 7 nitrogen and oxygen atoms in total. The van der Waals surface area contributed by atoms with E-state index in [2.05, 4.69) is 4.74 Å². The number of thioether (sulfide) groups is 1. The molecule has 1 heterocycles. The van der Waals surface area contributed by atoms with E-state index in [-0.39, 0.29) is 16.3 Å². The van der Waals surface area contributed by atoms with E-state index in [0.29, 0.717) is 13.0 Å². The minimum absolute atomic E-state index is 0.227. The Morgan fingerprint density at radius 3 is 2.63 bits per heavy atom. The lowest BCUT2D eigenvalue weighted by molar-refractivity contribution is -0.420. The minimum atomic E-state index is -0.790. The van der Waals surface area contributed by atoms with Crippen LogP contribution in [0.4, 0.5) is 0 Å². The van der Waals surface area contributed by atoms with Crippen molar-refractivity contribution in [2.45, 2.75) is 13.3 Å². The quantitative estimate of drug-likeness (QED) is 0.326. The van der Waals surface area contributed by atoms with Gasteiger partial charge in [-0.3, -0.25) is 19.8 Å². The van der Waals surface area contributed by atoms with Crippen molar-refractivity contribution in [1.29, 1.82) is 0 Å². The van der Waals surface area contributed by atoms with E-state index < -0.39 is 16.8 Å². The first kappa shape index (κ1) is 15.2. The largest absolute Gasteiger partial charge is 0.466 e. The van der Waals surface area contributed by atoms with Crippen LogP contribution in [-0.2, 0) is 14.3 Å². The van der Waals surface area contributed by atoms with Crippen LogP contribution in [0, 0.1) is 10.1 Å². The SMILES string of the molecule is CCCN1C(=O)/C(=C/C(=O)OC)C([N+](=O)[O-])=C1SC. The number of rotatable bonds is 5. The summed E-state index contributed by atoms with van der Waals surface area (Å²) in [5.41, 5.74) is -0.564. The molecule has 0 unspecified atom stereocenters. The van der Waals surface area contributed by atoms with Crippen molar-refractivity contribution in [2.24, 2.45) is 0 Å². The molecule has 0 N–H and O–H groups in total. The average molecular weight is 286 g/mol. The normalized spacial score (nSPS) is 17.3. The Labute approximate surface area is 114 Å². The minimum Gasteiger partial charge on any atom is -0.466 e. The van der Waals surface area contributed by atoms with Crippen molar-refractivity contribution in [3.05, 3.63) is 32.5 Å². The lowest BCUT2D eigenvalue weighted by atomic mass is 10.2. The summed E-state index contributed by atoms with van der Waals surface area (Å²) in [6, 6.07) is 0. The molecule has 0 aromatic carbocycles. The van der Waals surface area contributed by atoms with Crippen molar-refractivity contribution >= 4 is 23.6 Å². The Balaban J connectivity index is 3.35. The number of methoxy groups -OCH3 is 1. The highest BCUT2D eigenvalue weighted by Crippen LogP contribution is 2.35. The molecule has 0 aliphatic carbocycles. The fourth-order valence-electron chi connectivity index (χ4n) is 1.70. The van der Waals surface area contributed by atoms with Crippen LogP contribution in [0.15, 0.2) is 22.4 Å². The molecule has 1 aliphatic heterocycles. The van der Waals surface area contributed by atoms with Crippen LogP contribution in [0.5, 0.6) is 0 Å². The van der Waals surface area contributed by atoms with Crippen molar-refractivity contribution in [3.63, 3.8) is 0 Å². The number of carbonyl (C=O) groups is 2. The number of nitrogens with zero attached hydrogens (tertiary/aromatic N) is 2. The molecule has 0 atom stereocenters. The Bertz CT molecular complexity index is 483. The van der Waals surface area contributed by atoms with E-state index in [9.17, 15) is 19.7 Å². The number of hydrogen-bond acceptors (Lipinski definition) is 6. The van der Waals surface area contributed by atoms with Crippen LogP contribution in [0.25, 0.3) is 0 Å². The molecule has 0 spiro atoms. The van der Waals surface area contributed by atoms with Crippen LogP contribution < -0.4 is 0 Å². The molecule has 1 aliphatic rings. The lowest BCUT2D eigenvalue weighted by Gasteiger charge is -2.15. The van der Waals surface area contributed by atoms with Gasteiger partial charge in [0.15, 0.2) is 5.03 Å². The van der Waals surface area contributed by atoms with Crippen molar-refractivity contribution < 1.29 is 19.2 Å². The molecule has 1 rings (SSSR count). The topological polar surface area (TPSA) is 89.8 Å². The average Bonchev–Trinajstić information content (AvgIpc) is 2.63. The first-order valence-electron chi connectivity index (χ1n) is 5.52. The van der Waals surface area contributed by atoms with Gasteiger partial charge in [0, 0.05) is 12.6 Å². The molecule has 0 saturated heterocycles. The van der Waals surface area contributed by atoms with Gasteiger partial charge in [0.2, 0.25) is 0 Å². The highest BCUT2D eigenvalue weighted by atomic mass is 32.2. The second kappa shape index (κ2) is 6.37. The van der Waals surface area contributed by atoms with Gasteiger partial charge in [-0.15, -0.1) is 11.8 Å². The maximum Gasteiger partial charge on any atom is 0.331 e. The maximum absolute atomic E-state index is 12.1. The van der Waals surface area contributed by atoms with Crippen LogP contribution in [0.2, 0.25) is 0 Å².